The summed E-state index contributed by atoms with van der Waals surface area (Å²) in [5.74, 6) is 0. The molecule has 0 amide bonds. The molecule has 6 nitrogen and oxygen atoms in total. The Morgan fingerprint density at radius 2 is 1.87 bits per heavy atom. The predicted octanol–water partition coefficient (Wildman–Crippen LogP) is 4.51. The number of hydrogen-bond donors (Lipinski definition) is 1. The minimum atomic E-state index is -1.09. The van der Waals surface area contributed by atoms with Crippen molar-refractivity contribution in [3.63, 3.8) is 0 Å². The quantitative estimate of drug-likeness (QED) is 0.525. The van der Waals surface area contributed by atoms with Crippen molar-refractivity contribution in [2.75, 3.05) is 0 Å². The van der Waals surface area contributed by atoms with Crippen LogP contribution in [-0.4, -0.2) is 30.2 Å². The molecule has 3 aromatic heterocycles. The molecule has 3 heterocycles. The van der Waals surface area contributed by atoms with Crippen LogP contribution in [-0.2, 0) is 0 Å². The van der Waals surface area contributed by atoms with Gasteiger partial charge < -0.3 is 5.11 Å². The fourth-order valence-corrected chi connectivity index (χ4v) is 3.36. The molecular weight excluding hydrogens is 400 g/mol. The molecular formula is C23H21ClN4O2. The van der Waals surface area contributed by atoms with Gasteiger partial charge in [-0.05, 0) is 51.1 Å². The fraction of sp³-hybridized carbons (Fsp3) is 0.217. The summed E-state index contributed by atoms with van der Waals surface area (Å²) < 4.78 is 1.46. The molecule has 0 saturated carbocycles. The molecule has 0 saturated heterocycles. The van der Waals surface area contributed by atoms with Crippen molar-refractivity contribution < 1.29 is 5.11 Å². The Balaban J connectivity index is 2.03. The van der Waals surface area contributed by atoms with Crippen molar-refractivity contribution in [2.24, 2.45) is 0 Å². The molecule has 0 spiro atoms. The van der Waals surface area contributed by atoms with Crippen LogP contribution < -0.4 is 5.56 Å². The summed E-state index contributed by atoms with van der Waals surface area (Å²) in [5, 5.41) is 11.5. The average molecular weight is 421 g/mol. The monoisotopic (exact) mass is 420 g/mol. The number of rotatable bonds is 4. The van der Waals surface area contributed by atoms with Gasteiger partial charge in [-0.2, -0.15) is 0 Å². The minimum absolute atomic E-state index is 0.239. The third-order valence-corrected chi connectivity index (χ3v) is 5.54. The molecule has 0 aliphatic heterocycles. The third-order valence-electron chi connectivity index (χ3n) is 5.28. The normalized spacial score (nSPS) is 12.8. The van der Waals surface area contributed by atoms with Crippen LogP contribution in [0.1, 0.15) is 26.8 Å². The topological polar surface area (TPSA) is 80.9 Å². The van der Waals surface area contributed by atoms with E-state index in [1.54, 1.807) is 51.4 Å². The highest BCUT2D eigenvalue weighted by Gasteiger charge is 2.26. The summed E-state index contributed by atoms with van der Waals surface area (Å²) in [6.07, 6.45) is 4.84. The van der Waals surface area contributed by atoms with Gasteiger partial charge in [0, 0.05) is 28.5 Å². The summed E-state index contributed by atoms with van der Waals surface area (Å²) in [4.78, 5) is 26.9. The van der Waals surface area contributed by atoms with Gasteiger partial charge in [0.1, 0.15) is 5.52 Å². The minimum Gasteiger partial charge on any atom is -0.388 e. The van der Waals surface area contributed by atoms with Crippen LogP contribution in [0, 0.1) is 0 Å². The number of hydrogen-bond acceptors (Lipinski definition) is 5. The maximum absolute atomic E-state index is 13.4. The molecule has 0 aliphatic carbocycles. The molecule has 30 heavy (non-hydrogen) atoms. The Labute approximate surface area is 178 Å². The number of pyridine rings is 2. The van der Waals surface area contributed by atoms with Gasteiger partial charge in [-0.15, -0.1) is 0 Å². The van der Waals surface area contributed by atoms with Crippen LogP contribution in [0.2, 0.25) is 5.02 Å². The number of aliphatic hydroxyl groups is 1. The van der Waals surface area contributed by atoms with Crippen LogP contribution in [0.15, 0.2) is 66.0 Å². The third kappa shape index (κ3) is 3.72. The number of nitrogens with zero attached hydrogens (tertiary/aromatic N) is 4. The second-order valence-corrected chi connectivity index (χ2v) is 8.22. The molecule has 0 bridgehead atoms. The van der Waals surface area contributed by atoms with E-state index in [-0.39, 0.29) is 5.56 Å². The van der Waals surface area contributed by atoms with E-state index in [4.69, 9.17) is 16.6 Å². The summed E-state index contributed by atoms with van der Waals surface area (Å²) >= 11 is 6.03. The molecule has 4 rings (SSSR count). The predicted molar refractivity (Wildman–Crippen MR) is 118 cm³/mol. The van der Waals surface area contributed by atoms with Crippen molar-refractivity contribution in [2.45, 2.75) is 32.4 Å². The standard InChI is InChI=1S/C23H21ClN4O2/c1-14(23(2,3)30)28-13-26-21-18(22(28)29)11-19(15-6-8-17(24)9-7-15)27-20(21)16-5-4-10-25-12-16/h4-14,30H,1-3H3/t14-/m0/s1. The number of halogens is 1. The Morgan fingerprint density at radius 1 is 1.13 bits per heavy atom. The van der Waals surface area contributed by atoms with E-state index in [1.165, 1.54) is 10.9 Å². The molecule has 7 heteroatoms. The summed E-state index contributed by atoms with van der Waals surface area (Å²) in [5.41, 5.74) is 1.96. The lowest BCUT2D eigenvalue weighted by Crippen LogP contribution is -2.37. The van der Waals surface area contributed by atoms with Crippen molar-refractivity contribution in [1.29, 1.82) is 0 Å². The van der Waals surface area contributed by atoms with Gasteiger partial charge >= 0.3 is 0 Å². The lowest BCUT2D eigenvalue weighted by molar-refractivity contribution is 0.0290. The molecule has 152 valence electrons. The van der Waals surface area contributed by atoms with Gasteiger partial charge in [-0.3, -0.25) is 14.3 Å². The first-order valence-corrected chi connectivity index (χ1v) is 9.94. The second kappa shape index (κ2) is 7.63. The van der Waals surface area contributed by atoms with E-state index >= 15 is 0 Å². The first kappa shape index (κ1) is 20.2. The first-order valence-electron chi connectivity index (χ1n) is 9.56. The van der Waals surface area contributed by atoms with Gasteiger partial charge in [0.25, 0.3) is 5.56 Å². The fourth-order valence-electron chi connectivity index (χ4n) is 3.23. The van der Waals surface area contributed by atoms with E-state index < -0.39 is 11.6 Å². The lowest BCUT2D eigenvalue weighted by atomic mass is 10.0. The Kier molecular flexibility index (Phi) is 5.13. The highest BCUT2D eigenvalue weighted by Crippen LogP contribution is 2.29. The zero-order chi connectivity index (χ0) is 21.5. The zero-order valence-corrected chi connectivity index (χ0v) is 17.6. The molecule has 0 unspecified atom stereocenters. The number of benzene rings is 1. The van der Waals surface area contributed by atoms with E-state index in [2.05, 4.69) is 9.97 Å². The largest absolute Gasteiger partial charge is 0.388 e. The maximum atomic E-state index is 13.4. The summed E-state index contributed by atoms with van der Waals surface area (Å²) in [7, 11) is 0. The molecule has 1 N–H and O–H groups in total. The molecule has 0 radical (unpaired) electrons. The summed E-state index contributed by atoms with van der Waals surface area (Å²) in [6.45, 7) is 5.13. The zero-order valence-electron chi connectivity index (χ0n) is 16.9. The van der Waals surface area contributed by atoms with Crippen molar-refractivity contribution in [1.82, 2.24) is 19.5 Å². The number of aromatic nitrogens is 4. The Morgan fingerprint density at radius 3 is 2.50 bits per heavy atom. The highest BCUT2D eigenvalue weighted by molar-refractivity contribution is 6.30. The van der Waals surface area contributed by atoms with Crippen molar-refractivity contribution >= 4 is 22.5 Å². The average Bonchev–Trinajstić information content (AvgIpc) is 2.73. The molecule has 1 atom stereocenters. The van der Waals surface area contributed by atoms with Crippen molar-refractivity contribution in [3.05, 3.63) is 76.6 Å². The van der Waals surface area contributed by atoms with Crippen molar-refractivity contribution in [3.8, 4) is 22.5 Å². The van der Waals surface area contributed by atoms with Gasteiger partial charge in [-0.1, -0.05) is 23.7 Å². The molecule has 1 aromatic carbocycles. The lowest BCUT2D eigenvalue weighted by Gasteiger charge is -2.27. The second-order valence-electron chi connectivity index (χ2n) is 7.79. The van der Waals surface area contributed by atoms with Gasteiger partial charge in [0.2, 0.25) is 0 Å². The highest BCUT2D eigenvalue weighted by atomic mass is 35.5. The van der Waals surface area contributed by atoms with E-state index in [0.29, 0.717) is 27.3 Å². The van der Waals surface area contributed by atoms with Crippen LogP contribution in [0.25, 0.3) is 33.4 Å². The van der Waals surface area contributed by atoms with Crippen LogP contribution in [0.5, 0.6) is 0 Å². The molecule has 0 aliphatic rings. The summed E-state index contributed by atoms with van der Waals surface area (Å²) in [6, 6.07) is 12.3. The molecule has 4 aromatic rings. The van der Waals surface area contributed by atoms with Crippen LogP contribution in [0.3, 0.4) is 0 Å². The smallest absolute Gasteiger partial charge is 0.261 e. The van der Waals surface area contributed by atoms with E-state index in [9.17, 15) is 9.90 Å². The Bertz CT molecular complexity index is 1260. The first-order chi connectivity index (χ1) is 14.3. The number of fused-ring (bicyclic) bond motifs is 1. The van der Waals surface area contributed by atoms with Crippen LogP contribution in [0.4, 0.5) is 0 Å². The maximum Gasteiger partial charge on any atom is 0.261 e. The van der Waals surface area contributed by atoms with Crippen LogP contribution >= 0.6 is 11.6 Å². The molecule has 0 fully saturated rings. The van der Waals surface area contributed by atoms with Gasteiger partial charge in [0.05, 0.1) is 34.7 Å². The Hall–Kier alpha value is -3.09. The van der Waals surface area contributed by atoms with Gasteiger partial charge in [0.15, 0.2) is 0 Å². The van der Waals surface area contributed by atoms with Gasteiger partial charge in [-0.25, -0.2) is 9.97 Å². The van der Waals surface area contributed by atoms with E-state index in [0.717, 1.165) is 11.1 Å². The SMILES string of the molecule is C[C@H](n1cnc2c(-c3cccnc3)nc(-c3ccc(Cl)cc3)cc2c1=O)C(C)(C)O. The van der Waals surface area contributed by atoms with E-state index in [1.807, 2.05) is 24.3 Å².